The molecule has 0 spiro atoms. The molecule has 188 valence electrons. The van der Waals surface area contributed by atoms with Crippen molar-refractivity contribution >= 4 is 40.6 Å². The Bertz CT molecular complexity index is 1330. The molecule has 4 aliphatic carbocycles. The van der Waals surface area contributed by atoms with E-state index in [2.05, 4.69) is 15.5 Å². The number of nitrogens with zero attached hydrogens (tertiary/aromatic N) is 5. The number of aromatic nitrogens is 4. The Kier molecular flexibility index (Phi) is 5.56. The molecule has 4 bridgehead atoms. The maximum Gasteiger partial charge on any atom is 0.320 e. The quantitative estimate of drug-likeness (QED) is 0.325. The molecular formula is C24H23Cl2FN6O3. The van der Waals surface area contributed by atoms with Crippen molar-refractivity contribution in [2.45, 2.75) is 50.6 Å². The Morgan fingerprint density at radius 1 is 1.11 bits per heavy atom. The number of amides is 1. The predicted octanol–water partition coefficient (Wildman–Crippen LogP) is 5.66. The topological polar surface area (TPSA) is 108 Å². The molecule has 0 saturated heterocycles. The third-order valence-corrected chi connectivity index (χ3v) is 8.56. The predicted molar refractivity (Wildman–Crippen MR) is 131 cm³/mol. The maximum absolute atomic E-state index is 14.2. The molecule has 2 aromatic heterocycles. The number of anilines is 1. The minimum Gasteiger partial charge on any atom is -0.302 e. The average molecular weight is 533 g/mol. The third kappa shape index (κ3) is 3.96. The van der Waals surface area contributed by atoms with Crippen molar-refractivity contribution in [3.8, 4) is 0 Å². The highest BCUT2D eigenvalue weighted by molar-refractivity contribution is 6.33. The Morgan fingerprint density at radius 2 is 1.78 bits per heavy atom. The molecule has 7 rings (SSSR count). The third-order valence-electron chi connectivity index (χ3n) is 7.93. The summed E-state index contributed by atoms with van der Waals surface area (Å²) < 4.78 is 17.2. The first-order valence-corrected chi connectivity index (χ1v) is 12.7. The van der Waals surface area contributed by atoms with Crippen molar-refractivity contribution in [1.29, 1.82) is 0 Å². The molecule has 0 radical (unpaired) electrons. The maximum atomic E-state index is 14.2. The summed E-state index contributed by atoms with van der Waals surface area (Å²) in [6, 6.07) is 4.35. The van der Waals surface area contributed by atoms with E-state index in [-0.39, 0.29) is 44.9 Å². The molecule has 3 aromatic rings. The van der Waals surface area contributed by atoms with Gasteiger partial charge >= 0.3 is 5.69 Å². The lowest BCUT2D eigenvalue weighted by atomic mass is 9.53. The van der Waals surface area contributed by atoms with Crippen molar-refractivity contribution in [3.63, 3.8) is 0 Å². The highest BCUT2D eigenvalue weighted by atomic mass is 35.5. The number of halogens is 3. The Balaban J connectivity index is 1.26. The zero-order valence-electron chi connectivity index (χ0n) is 19.2. The zero-order chi connectivity index (χ0) is 25.2. The van der Waals surface area contributed by atoms with E-state index in [0.717, 1.165) is 19.3 Å². The summed E-state index contributed by atoms with van der Waals surface area (Å²) >= 11 is 12.3. The van der Waals surface area contributed by atoms with Crippen LogP contribution in [0.25, 0.3) is 0 Å². The van der Waals surface area contributed by atoms with Crippen LogP contribution in [0.3, 0.4) is 0 Å². The van der Waals surface area contributed by atoms with E-state index in [9.17, 15) is 19.3 Å². The average Bonchev–Trinajstić information content (AvgIpc) is 3.40. The fourth-order valence-electron chi connectivity index (χ4n) is 6.82. The molecule has 2 heterocycles. The second-order valence-corrected chi connectivity index (χ2v) is 11.2. The van der Waals surface area contributed by atoms with Gasteiger partial charge in [-0.1, -0.05) is 29.3 Å². The molecule has 4 saturated carbocycles. The zero-order valence-corrected chi connectivity index (χ0v) is 20.7. The Morgan fingerprint density at radius 3 is 2.39 bits per heavy atom. The number of nitrogens with one attached hydrogen (secondary N) is 1. The SMILES string of the molecule is O=C(Nc1nn(Cc2c(F)cccc2Cl)cc1Cl)c1nn(C23CC4CC(CC(C4)C2)C3)cc1[N+](=O)[O-]. The number of nitro groups is 1. The second-order valence-electron chi connectivity index (χ2n) is 10.4. The van der Waals surface area contributed by atoms with Gasteiger partial charge in [0, 0.05) is 16.8 Å². The number of benzene rings is 1. The van der Waals surface area contributed by atoms with Crippen LogP contribution in [0, 0.1) is 33.7 Å². The van der Waals surface area contributed by atoms with Gasteiger partial charge in [0.1, 0.15) is 17.0 Å². The van der Waals surface area contributed by atoms with Crippen LogP contribution < -0.4 is 5.32 Å². The van der Waals surface area contributed by atoms with Gasteiger partial charge in [0.15, 0.2) is 5.82 Å². The fraction of sp³-hybridized carbons (Fsp3) is 0.458. The van der Waals surface area contributed by atoms with Crippen LogP contribution in [0.4, 0.5) is 15.9 Å². The molecule has 0 aliphatic heterocycles. The van der Waals surface area contributed by atoms with Gasteiger partial charge in [-0.05, 0) is 68.4 Å². The van der Waals surface area contributed by atoms with E-state index >= 15 is 0 Å². The number of carbonyl (C=O) groups excluding carboxylic acids is 1. The lowest BCUT2D eigenvalue weighted by Crippen LogP contribution is -2.52. The van der Waals surface area contributed by atoms with Crippen LogP contribution in [0.2, 0.25) is 10.0 Å². The van der Waals surface area contributed by atoms with Crippen molar-refractivity contribution in [3.05, 3.63) is 67.8 Å². The lowest BCUT2D eigenvalue weighted by molar-refractivity contribution is -0.385. The summed E-state index contributed by atoms with van der Waals surface area (Å²) in [7, 11) is 0. The van der Waals surface area contributed by atoms with Crippen molar-refractivity contribution in [1.82, 2.24) is 19.6 Å². The van der Waals surface area contributed by atoms with Crippen LogP contribution >= 0.6 is 23.2 Å². The van der Waals surface area contributed by atoms with Crippen LogP contribution in [-0.2, 0) is 12.1 Å². The number of carbonyl (C=O) groups is 1. The molecule has 36 heavy (non-hydrogen) atoms. The number of hydrogen-bond donors (Lipinski definition) is 1. The van der Waals surface area contributed by atoms with Crippen LogP contribution in [-0.4, -0.2) is 30.4 Å². The number of rotatable bonds is 6. The smallest absolute Gasteiger partial charge is 0.302 e. The first kappa shape index (κ1) is 23.4. The fourth-order valence-corrected chi connectivity index (χ4v) is 7.24. The van der Waals surface area contributed by atoms with E-state index < -0.39 is 16.6 Å². The summed E-state index contributed by atoms with van der Waals surface area (Å²) in [5.41, 5.74) is -0.673. The van der Waals surface area contributed by atoms with E-state index in [4.69, 9.17) is 23.2 Å². The molecule has 1 amide bonds. The summed E-state index contributed by atoms with van der Waals surface area (Å²) in [6.07, 6.45) is 9.29. The highest BCUT2D eigenvalue weighted by Crippen LogP contribution is 2.58. The molecule has 0 atom stereocenters. The Hall–Kier alpha value is -2.98. The van der Waals surface area contributed by atoms with Gasteiger partial charge in [-0.15, -0.1) is 0 Å². The van der Waals surface area contributed by atoms with Gasteiger partial charge in [-0.2, -0.15) is 10.2 Å². The molecule has 12 heteroatoms. The first-order valence-electron chi connectivity index (χ1n) is 11.9. The minimum atomic E-state index is -0.777. The van der Waals surface area contributed by atoms with E-state index in [1.807, 2.05) is 0 Å². The number of hydrogen-bond acceptors (Lipinski definition) is 5. The van der Waals surface area contributed by atoms with Gasteiger partial charge < -0.3 is 5.32 Å². The molecule has 0 unspecified atom stereocenters. The summed E-state index contributed by atoms with van der Waals surface area (Å²) in [6.45, 7) is -0.0120. The van der Waals surface area contributed by atoms with Crippen LogP contribution in [0.5, 0.6) is 0 Å². The second kappa shape index (κ2) is 8.55. The van der Waals surface area contributed by atoms with Crippen LogP contribution in [0.1, 0.15) is 54.6 Å². The van der Waals surface area contributed by atoms with Gasteiger partial charge in [0.05, 0.1) is 17.0 Å². The molecule has 1 aromatic carbocycles. The van der Waals surface area contributed by atoms with Gasteiger partial charge in [0.25, 0.3) is 5.91 Å². The molecule has 1 N–H and O–H groups in total. The lowest BCUT2D eigenvalue weighted by Gasteiger charge is -2.56. The molecular weight excluding hydrogens is 510 g/mol. The first-order chi connectivity index (χ1) is 17.2. The highest BCUT2D eigenvalue weighted by Gasteiger charge is 2.53. The summed E-state index contributed by atoms with van der Waals surface area (Å²) in [5.74, 6) is 0.562. The standard InChI is InChI=1S/C24H23Cl2FN6O3/c25-17-2-1-3-19(27)16(17)10-31-11-18(26)22(30-31)28-23(34)21-20(33(35)36)12-32(29-21)24-7-13-4-14(8-24)6-15(5-13)9-24/h1-3,11-15H,4-10H2,(H,28,30,34). The molecule has 9 nitrogen and oxygen atoms in total. The normalized spacial score (nSPS) is 26.4. The summed E-state index contributed by atoms with van der Waals surface area (Å²) in [4.78, 5) is 24.4. The van der Waals surface area contributed by atoms with E-state index in [1.165, 1.54) is 48.5 Å². The van der Waals surface area contributed by atoms with Crippen molar-refractivity contribution < 1.29 is 14.1 Å². The monoisotopic (exact) mass is 532 g/mol. The van der Waals surface area contributed by atoms with Crippen LogP contribution in [0.15, 0.2) is 30.6 Å². The van der Waals surface area contributed by atoms with Gasteiger partial charge in [-0.25, -0.2) is 4.39 Å². The Labute approximate surface area is 215 Å². The molecule has 4 aliphatic rings. The largest absolute Gasteiger partial charge is 0.320 e. The minimum absolute atomic E-state index is 0.00668. The van der Waals surface area contributed by atoms with E-state index in [0.29, 0.717) is 17.8 Å². The van der Waals surface area contributed by atoms with Crippen molar-refractivity contribution in [2.24, 2.45) is 17.8 Å². The molecule has 4 fully saturated rings. The van der Waals surface area contributed by atoms with Gasteiger partial charge in [-0.3, -0.25) is 24.3 Å². The van der Waals surface area contributed by atoms with Crippen molar-refractivity contribution in [2.75, 3.05) is 5.32 Å². The van der Waals surface area contributed by atoms with E-state index in [1.54, 1.807) is 10.7 Å². The van der Waals surface area contributed by atoms with Gasteiger partial charge in [0.2, 0.25) is 5.69 Å². The summed E-state index contributed by atoms with van der Waals surface area (Å²) in [5, 5.41) is 23.4.